The quantitative estimate of drug-likeness (QED) is 0.686. The lowest BCUT2D eigenvalue weighted by atomic mass is 10.2. The molecule has 13 heavy (non-hydrogen) atoms. The lowest BCUT2D eigenvalue weighted by Crippen LogP contribution is -1.81. The largest absolute Gasteiger partial charge is 0.264 e. The van der Waals surface area contributed by atoms with Gasteiger partial charge in [0, 0.05) is 18.0 Å². The fourth-order valence-electron chi connectivity index (χ4n) is 1.03. The van der Waals surface area contributed by atoms with Gasteiger partial charge in [-0.1, -0.05) is 0 Å². The Labute approximate surface area is 79.3 Å². The number of rotatable bonds is 1. The summed E-state index contributed by atoms with van der Waals surface area (Å²) in [6.07, 6.45) is 3.40. The average molecular weight is 187 g/mol. The Bertz CT molecular complexity index is 441. The molecule has 0 spiro atoms. The summed E-state index contributed by atoms with van der Waals surface area (Å²) in [4.78, 5) is 8.72. The van der Waals surface area contributed by atoms with Crippen molar-refractivity contribution in [1.29, 1.82) is 5.26 Å². The number of aromatic nitrogens is 2. The van der Waals surface area contributed by atoms with Gasteiger partial charge >= 0.3 is 0 Å². The van der Waals surface area contributed by atoms with Crippen molar-refractivity contribution >= 4 is 11.3 Å². The van der Waals surface area contributed by atoms with E-state index >= 15 is 0 Å². The van der Waals surface area contributed by atoms with Crippen molar-refractivity contribution in [3.05, 3.63) is 34.9 Å². The van der Waals surface area contributed by atoms with Crippen LogP contribution in [0.1, 0.15) is 4.88 Å². The number of pyridine rings is 1. The van der Waals surface area contributed by atoms with Gasteiger partial charge in [0.15, 0.2) is 0 Å². The van der Waals surface area contributed by atoms with E-state index in [-0.39, 0.29) is 0 Å². The third kappa shape index (κ3) is 1.42. The molecule has 0 bridgehead atoms. The van der Waals surface area contributed by atoms with Crippen molar-refractivity contribution in [3.8, 4) is 17.3 Å². The molecule has 0 aliphatic carbocycles. The van der Waals surface area contributed by atoms with Gasteiger partial charge < -0.3 is 0 Å². The van der Waals surface area contributed by atoms with Crippen LogP contribution in [-0.4, -0.2) is 9.97 Å². The molecule has 0 aromatic carbocycles. The highest BCUT2D eigenvalue weighted by molar-refractivity contribution is 7.10. The molecule has 0 saturated carbocycles. The first-order valence-electron chi connectivity index (χ1n) is 3.66. The highest BCUT2D eigenvalue weighted by atomic mass is 32.1. The summed E-state index contributed by atoms with van der Waals surface area (Å²) in [6.45, 7) is 0. The lowest BCUT2D eigenvalue weighted by Gasteiger charge is -1.94. The molecule has 0 saturated heterocycles. The zero-order valence-corrected chi connectivity index (χ0v) is 7.45. The van der Waals surface area contributed by atoms with Crippen molar-refractivity contribution in [2.24, 2.45) is 0 Å². The first kappa shape index (κ1) is 7.90. The van der Waals surface area contributed by atoms with E-state index in [1.165, 1.54) is 11.3 Å². The molecular weight excluding hydrogens is 182 g/mol. The van der Waals surface area contributed by atoms with Crippen LogP contribution in [0.25, 0.3) is 11.3 Å². The summed E-state index contributed by atoms with van der Waals surface area (Å²) in [5, 5.41) is 8.77. The van der Waals surface area contributed by atoms with Gasteiger partial charge in [-0.3, -0.25) is 4.98 Å². The molecule has 62 valence electrons. The van der Waals surface area contributed by atoms with E-state index < -0.39 is 0 Å². The normalized spacial score (nSPS) is 9.46. The molecule has 0 atom stereocenters. The van der Waals surface area contributed by atoms with E-state index in [4.69, 9.17) is 5.26 Å². The topological polar surface area (TPSA) is 49.6 Å². The van der Waals surface area contributed by atoms with E-state index in [2.05, 4.69) is 16.0 Å². The van der Waals surface area contributed by atoms with Gasteiger partial charge in [0.1, 0.15) is 16.6 Å². The molecular formula is C9H5N3S. The van der Waals surface area contributed by atoms with Crippen molar-refractivity contribution < 1.29 is 0 Å². The van der Waals surface area contributed by atoms with Gasteiger partial charge in [0.2, 0.25) is 0 Å². The maximum atomic E-state index is 8.77. The number of thiazole rings is 1. The van der Waals surface area contributed by atoms with Crippen LogP contribution in [0, 0.1) is 11.3 Å². The minimum Gasteiger partial charge on any atom is -0.264 e. The highest BCUT2D eigenvalue weighted by Gasteiger charge is 2.06. The van der Waals surface area contributed by atoms with E-state index in [0.717, 1.165) is 11.3 Å². The van der Waals surface area contributed by atoms with Crippen molar-refractivity contribution in [2.75, 3.05) is 0 Å². The average Bonchev–Trinajstić information content (AvgIpc) is 2.67. The van der Waals surface area contributed by atoms with Gasteiger partial charge in [-0.15, -0.1) is 11.3 Å². The van der Waals surface area contributed by atoms with Crippen LogP contribution in [0.4, 0.5) is 0 Å². The molecule has 2 aromatic heterocycles. The maximum absolute atomic E-state index is 8.77. The monoisotopic (exact) mass is 187 g/mol. The molecule has 0 amide bonds. The summed E-state index contributed by atoms with van der Waals surface area (Å²) in [6, 6.07) is 5.82. The molecule has 0 N–H and O–H groups in total. The second kappa shape index (κ2) is 3.33. The molecule has 0 fully saturated rings. The van der Waals surface area contributed by atoms with E-state index in [0.29, 0.717) is 4.88 Å². The van der Waals surface area contributed by atoms with Crippen LogP contribution < -0.4 is 0 Å². The van der Waals surface area contributed by atoms with Gasteiger partial charge in [0.25, 0.3) is 0 Å². The van der Waals surface area contributed by atoms with E-state index in [1.54, 1.807) is 17.9 Å². The minimum atomic E-state index is 0.632. The van der Waals surface area contributed by atoms with Gasteiger partial charge in [-0.05, 0) is 12.1 Å². The second-order valence-corrected chi connectivity index (χ2v) is 3.24. The maximum Gasteiger partial charge on any atom is 0.132 e. The molecule has 0 radical (unpaired) electrons. The van der Waals surface area contributed by atoms with Gasteiger partial charge in [0.05, 0.1) is 5.51 Å². The molecule has 2 aromatic rings. The van der Waals surface area contributed by atoms with Crippen LogP contribution in [0.3, 0.4) is 0 Å². The third-order valence-corrected chi connectivity index (χ3v) is 2.34. The molecule has 0 aliphatic heterocycles. The first-order chi connectivity index (χ1) is 6.42. The predicted molar refractivity (Wildman–Crippen MR) is 50.1 cm³/mol. The molecule has 0 unspecified atom stereocenters. The van der Waals surface area contributed by atoms with Crippen molar-refractivity contribution in [2.45, 2.75) is 0 Å². The summed E-state index contributed by atoms with van der Waals surface area (Å²) in [5.41, 5.74) is 3.28. The van der Waals surface area contributed by atoms with Crippen LogP contribution in [0.5, 0.6) is 0 Å². The zero-order valence-electron chi connectivity index (χ0n) is 6.64. The molecule has 4 heteroatoms. The summed E-state index contributed by atoms with van der Waals surface area (Å²) >= 11 is 1.34. The Kier molecular flexibility index (Phi) is 2.02. The number of hydrogen-bond acceptors (Lipinski definition) is 4. The van der Waals surface area contributed by atoms with E-state index in [9.17, 15) is 0 Å². The van der Waals surface area contributed by atoms with Crippen LogP contribution >= 0.6 is 11.3 Å². The predicted octanol–water partition coefficient (Wildman–Crippen LogP) is 2.08. The molecule has 2 rings (SSSR count). The minimum absolute atomic E-state index is 0.632. The van der Waals surface area contributed by atoms with Gasteiger partial charge in [-0.25, -0.2) is 4.98 Å². The van der Waals surface area contributed by atoms with E-state index in [1.807, 2.05) is 12.1 Å². The smallest absolute Gasteiger partial charge is 0.132 e. The number of nitriles is 1. The Morgan fingerprint density at radius 3 is 3.08 bits per heavy atom. The Balaban J connectivity index is 2.54. The zero-order chi connectivity index (χ0) is 9.10. The molecule has 0 aliphatic rings. The van der Waals surface area contributed by atoms with Crippen LogP contribution in [-0.2, 0) is 0 Å². The molecule has 2 heterocycles. The summed E-state index contributed by atoms with van der Waals surface area (Å²) in [7, 11) is 0. The van der Waals surface area contributed by atoms with Crippen LogP contribution in [0.2, 0.25) is 0 Å². The van der Waals surface area contributed by atoms with Crippen molar-refractivity contribution in [1.82, 2.24) is 9.97 Å². The van der Waals surface area contributed by atoms with Gasteiger partial charge in [-0.2, -0.15) is 5.26 Å². The fraction of sp³-hybridized carbons (Fsp3) is 0. The Morgan fingerprint density at radius 1 is 1.46 bits per heavy atom. The SMILES string of the molecule is N#Cc1scnc1-c1cccnc1. The molecule has 3 nitrogen and oxygen atoms in total. The lowest BCUT2D eigenvalue weighted by molar-refractivity contribution is 1.30. The Hall–Kier alpha value is -1.73. The van der Waals surface area contributed by atoms with Crippen molar-refractivity contribution in [3.63, 3.8) is 0 Å². The number of nitrogens with zero attached hydrogens (tertiary/aromatic N) is 3. The summed E-state index contributed by atoms with van der Waals surface area (Å²) in [5.74, 6) is 0. The highest BCUT2D eigenvalue weighted by Crippen LogP contribution is 2.23. The Morgan fingerprint density at radius 2 is 2.38 bits per heavy atom. The fourth-order valence-corrected chi connectivity index (χ4v) is 1.63. The van der Waals surface area contributed by atoms with Crippen LogP contribution in [0.15, 0.2) is 30.0 Å². The third-order valence-electron chi connectivity index (χ3n) is 1.60. The first-order valence-corrected chi connectivity index (χ1v) is 4.54. The standard InChI is InChI=1S/C9H5N3S/c10-4-8-9(12-6-13-8)7-2-1-3-11-5-7/h1-3,5-6H. The summed E-state index contributed by atoms with van der Waals surface area (Å²) < 4.78 is 0. The number of hydrogen-bond donors (Lipinski definition) is 0. The second-order valence-electron chi connectivity index (χ2n) is 2.38.